The summed E-state index contributed by atoms with van der Waals surface area (Å²) in [6, 6.07) is 6.64. The monoisotopic (exact) mass is 225 g/mol. The quantitative estimate of drug-likeness (QED) is 0.635. The smallest absolute Gasteiger partial charge is 0.221 e. The summed E-state index contributed by atoms with van der Waals surface area (Å²) in [6.45, 7) is 3.06. The minimum absolute atomic E-state index is 0.119. The van der Waals surface area contributed by atoms with Gasteiger partial charge < -0.3 is 5.32 Å². The van der Waals surface area contributed by atoms with E-state index in [1.165, 1.54) is 6.92 Å². The van der Waals surface area contributed by atoms with Gasteiger partial charge in [-0.3, -0.25) is 9.59 Å². The topological polar surface area (TPSA) is 46.2 Å². The van der Waals surface area contributed by atoms with Crippen molar-refractivity contribution in [3.05, 3.63) is 29.8 Å². The molecule has 1 N–H and O–H groups in total. The van der Waals surface area contributed by atoms with Crippen molar-refractivity contribution in [2.24, 2.45) is 0 Å². The van der Waals surface area contributed by atoms with E-state index in [0.29, 0.717) is 11.3 Å². The molecule has 1 atom stereocenters. The van der Waals surface area contributed by atoms with Crippen LogP contribution < -0.4 is 5.32 Å². The van der Waals surface area contributed by atoms with Crippen molar-refractivity contribution in [3.63, 3.8) is 0 Å². The lowest BCUT2D eigenvalue weighted by Crippen LogP contribution is -2.11. The van der Waals surface area contributed by atoms with Crippen LogP contribution in [-0.2, 0) is 4.79 Å². The predicted octanol–water partition coefficient (Wildman–Crippen LogP) is 2.46. The molecular weight excluding hydrogens is 214 g/mol. The number of nitrogens with one attached hydrogen (secondary N) is 1. The molecule has 3 nitrogen and oxygen atoms in total. The van der Waals surface area contributed by atoms with E-state index < -0.39 is 5.38 Å². The largest absolute Gasteiger partial charge is 0.326 e. The molecule has 0 unspecified atom stereocenters. The Labute approximate surface area is 93.4 Å². The number of hydrogen-bond donors (Lipinski definition) is 1. The van der Waals surface area contributed by atoms with Gasteiger partial charge in [-0.2, -0.15) is 0 Å². The highest BCUT2D eigenvalue weighted by molar-refractivity contribution is 6.33. The van der Waals surface area contributed by atoms with Gasteiger partial charge in [0.25, 0.3) is 0 Å². The van der Waals surface area contributed by atoms with Crippen molar-refractivity contribution in [1.82, 2.24) is 0 Å². The van der Waals surface area contributed by atoms with E-state index in [-0.39, 0.29) is 11.7 Å². The Morgan fingerprint density at radius 2 is 1.80 bits per heavy atom. The zero-order chi connectivity index (χ0) is 11.4. The number of anilines is 1. The van der Waals surface area contributed by atoms with Crippen LogP contribution in [0, 0.1) is 0 Å². The van der Waals surface area contributed by atoms with Gasteiger partial charge >= 0.3 is 0 Å². The zero-order valence-electron chi connectivity index (χ0n) is 8.58. The van der Waals surface area contributed by atoms with Crippen molar-refractivity contribution in [2.45, 2.75) is 19.2 Å². The average Bonchev–Trinajstić information content (AvgIpc) is 2.17. The number of carbonyl (C=O) groups excluding carboxylic acids is 2. The fourth-order valence-electron chi connectivity index (χ4n) is 1.15. The fourth-order valence-corrected chi connectivity index (χ4v) is 1.28. The lowest BCUT2D eigenvalue weighted by Gasteiger charge is -2.04. The first-order chi connectivity index (χ1) is 7.00. The van der Waals surface area contributed by atoms with Crippen LogP contribution in [0.5, 0.6) is 0 Å². The normalized spacial score (nSPS) is 11.9. The van der Waals surface area contributed by atoms with E-state index in [1.807, 2.05) is 0 Å². The molecule has 0 heterocycles. The molecule has 1 rings (SSSR count). The molecule has 0 radical (unpaired) electrons. The third-order valence-corrected chi connectivity index (χ3v) is 2.05. The minimum atomic E-state index is -0.531. The van der Waals surface area contributed by atoms with E-state index in [2.05, 4.69) is 5.32 Å². The van der Waals surface area contributed by atoms with Gasteiger partial charge in [0.1, 0.15) is 0 Å². The molecule has 1 amide bonds. The van der Waals surface area contributed by atoms with Gasteiger partial charge in [-0.05, 0) is 31.2 Å². The SMILES string of the molecule is CC(=O)Nc1ccc(C(=O)[C@@H](C)Cl)cc1. The number of halogens is 1. The summed E-state index contributed by atoms with van der Waals surface area (Å²) in [5.74, 6) is -0.258. The number of Topliss-reactive ketones (excluding diaryl/α,β-unsaturated/α-hetero) is 1. The van der Waals surface area contributed by atoms with Crippen LogP contribution in [0.3, 0.4) is 0 Å². The molecule has 4 heteroatoms. The summed E-state index contributed by atoms with van der Waals surface area (Å²) in [5.41, 5.74) is 1.22. The zero-order valence-corrected chi connectivity index (χ0v) is 9.34. The Morgan fingerprint density at radius 3 is 2.20 bits per heavy atom. The first-order valence-electron chi connectivity index (χ1n) is 4.56. The van der Waals surface area contributed by atoms with Gasteiger partial charge in [-0.15, -0.1) is 11.6 Å². The summed E-state index contributed by atoms with van der Waals surface area (Å²) >= 11 is 5.67. The molecule has 0 aliphatic carbocycles. The molecule has 80 valence electrons. The molecule has 1 aromatic carbocycles. The van der Waals surface area contributed by atoms with Gasteiger partial charge in [0.2, 0.25) is 5.91 Å². The minimum Gasteiger partial charge on any atom is -0.326 e. The lowest BCUT2D eigenvalue weighted by molar-refractivity contribution is -0.114. The average molecular weight is 226 g/mol. The van der Waals surface area contributed by atoms with E-state index in [9.17, 15) is 9.59 Å². The number of alkyl halides is 1. The highest BCUT2D eigenvalue weighted by Crippen LogP contribution is 2.12. The molecule has 0 aromatic heterocycles. The number of hydrogen-bond acceptors (Lipinski definition) is 2. The third-order valence-electron chi connectivity index (χ3n) is 1.85. The summed E-state index contributed by atoms with van der Waals surface area (Å²) in [5, 5.41) is 2.09. The fraction of sp³-hybridized carbons (Fsp3) is 0.273. The Hall–Kier alpha value is -1.35. The van der Waals surface area contributed by atoms with Crippen molar-refractivity contribution >= 4 is 29.0 Å². The maximum Gasteiger partial charge on any atom is 0.221 e. The third kappa shape index (κ3) is 3.36. The van der Waals surface area contributed by atoms with Crippen molar-refractivity contribution < 1.29 is 9.59 Å². The Balaban J connectivity index is 2.81. The predicted molar refractivity (Wildman–Crippen MR) is 60.4 cm³/mol. The number of rotatable bonds is 3. The standard InChI is InChI=1S/C11H12ClNO2/c1-7(12)11(15)9-3-5-10(6-4-9)13-8(2)14/h3-7H,1-2H3,(H,13,14)/t7-/m1/s1. The molecule has 0 aliphatic rings. The molecule has 1 aromatic rings. The summed E-state index contributed by atoms with van der Waals surface area (Å²) < 4.78 is 0. The molecular formula is C11H12ClNO2. The second kappa shape index (κ2) is 4.94. The number of ketones is 1. The Morgan fingerprint density at radius 1 is 1.27 bits per heavy atom. The molecule has 15 heavy (non-hydrogen) atoms. The maximum absolute atomic E-state index is 11.5. The van der Waals surface area contributed by atoms with Crippen LogP contribution in [0.2, 0.25) is 0 Å². The summed E-state index contributed by atoms with van der Waals surface area (Å²) in [6.07, 6.45) is 0. The molecule has 0 fully saturated rings. The molecule has 0 aliphatic heterocycles. The Kier molecular flexibility index (Phi) is 3.86. The summed E-state index contributed by atoms with van der Waals surface area (Å²) in [4.78, 5) is 22.2. The van der Waals surface area contributed by atoms with Gasteiger partial charge in [-0.1, -0.05) is 0 Å². The van der Waals surface area contributed by atoms with Crippen molar-refractivity contribution in [3.8, 4) is 0 Å². The molecule has 0 saturated heterocycles. The highest BCUT2D eigenvalue weighted by Gasteiger charge is 2.11. The molecule has 0 spiro atoms. The van der Waals surface area contributed by atoms with E-state index in [0.717, 1.165) is 0 Å². The van der Waals surface area contributed by atoms with Gasteiger partial charge in [0, 0.05) is 18.2 Å². The van der Waals surface area contributed by atoms with E-state index >= 15 is 0 Å². The van der Waals surface area contributed by atoms with Gasteiger partial charge in [-0.25, -0.2) is 0 Å². The van der Waals surface area contributed by atoms with Crippen LogP contribution in [0.1, 0.15) is 24.2 Å². The second-order valence-corrected chi connectivity index (χ2v) is 3.89. The number of carbonyl (C=O) groups is 2. The second-order valence-electron chi connectivity index (χ2n) is 3.24. The van der Waals surface area contributed by atoms with Crippen LogP contribution in [-0.4, -0.2) is 17.1 Å². The summed E-state index contributed by atoms with van der Waals surface area (Å²) in [7, 11) is 0. The first-order valence-corrected chi connectivity index (χ1v) is 5.00. The van der Waals surface area contributed by atoms with Crippen molar-refractivity contribution in [1.29, 1.82) is 0 Å². The maximum atomic E-state index is 11.5. The Bertz CT molecular complexity index is 371. The van der Waals surface area contributed by atoms with Crippen LogP contribution >= 0.6 is 11.6 Å². The van der Waals surface area contributed by atoms with Crippen LogP contribution in [0.4, 0.5) is 5.69 Å². The van der Waals surface area contributed by atoms with E-state index in [4.69, 9.17) is 11.6 Å². The lowest BCUT2D eigenvalue weighted by atomic mass is 10.1. The van der Waals surface area contributed by atoms with Crippen LogP contribution in [0.15, 0.2) is 24.3 Å². The highest BCUT2D eigenvalue weighted by atomic mass is 35.5. The van der Waals surface area contributed by atoms with Crippen LogP contribution in [0.25, 0.3) is 0 Å². The van der Waals surface area contributed by atoms with Crippen molar-refractivity contribution in [2.75, 3.05) is 5.32 Å². The van der Waals surface area contributed by atoms with Gasteiger partial charge in [0.05, 0.1) is 5.38 Å². The molecule has 0 bridgehead atoms. The number of benzene rings is 1. The number of amides is 1. The van der Waals surface area contributed by atoms with Gasteiger partial charge in [0.15, 0.2) is 5.78 Å². The molecule has 0 saturated carbocycles. The first kappa shape index (κ1) is 11.7. The van der Waals surface area contributed by atoms with E-state index in [1.54, 1.807) is 31.2 Å².